The number of hydrogen-bond acceptors (Lipinski definition) is 0. The van der Waals surface area contributed by atoms with Crippen LogP contribution in [0.4, 0.5) is 0 Å². The molecule has 0 atom stereocenters. The maximum atomic E-state index is 5.46. The summed E-state index contributed by atoms with van der Waals surface area (Å²) in [7, 11) is 0. The first-order chi connectivity index (χ1) is 3.39. The smallest absolute Gasteiger partial charge is 0.172 e. The van der Waals surface area contributed by atoms with E-state index in [0.29, 0.717) is 0 Å². The Morgan fingerprint density at radius 3 is 2.71 bits per heavy atom. The monoisotopic (exact) mass is 96.1 g/mol. The van der Waals surface area contributed by atoms with Crippen LogP contribution in [0.3, 0.4) is 0 Å². The molecule has 0 fully saturated rings. The lowest BCUT2D eigenvalue weighted by molar-refractivity contribution is -0.114. The molecule has 0 amide bonds. The maximum absolute atomic E-state index is 5.46. The van der Waals surface area contributed by atoms with Crippen LogP contribution in [0.25, 0.3) is 0 Å². The minimum atomic E-state index is 1.03. The van der Waals surface area contributed by atoms with Gasteiger partial charge in [-0.15, -0.1) is 0 Å². The van der Waals surface area contributed by atoms with Gasteiger partial charge in [0, 0.05) is 12.5 Å². The van der Waals surface area contributed by atoms with Crippen molar-refractivity contribution in [1.82, 2.24) is 0 Å². The van der Waals surface area contributed by atoms with Gasteiger partial charge in [-0.2, -0.15) is 0 Å². The minimum absolute atomic E-state index is 1.03. The van der Waals surface area contributed by atoms with Crippen molar-refractivity contribution < 1.29 is 5.41 Å². The molecule has 38 valence electrons. The number of hydrogen-bond donors (Lipinski definition) is 1. The second-order valence-corrected chi connectivity index (χ2v) is 1.87. The standard InChI is InChI=1S/C6H9N/c7-6-4-2-1-3-5-6/h2,4,7H,1,3,5H2/p+1. The van der Waals surface area contributed by atoms with Crippen molar-refractivity contribution >= 4 is 5.71 Å². The Bertz CT molecular complexity index is 103. The lowest BCUT2D eigenvalue weighted by Crippen LogP contribution is -2.38. The molecule has 7 heavy (non-hydrogen) atoms. The molecule has 0 aromatic heterocycles. The molecule has 0 saturated carbocycles. The highest BCUT2D eigenvalue weighted by Crippen LogP contribution is 2.02. The van der Waals surface area contributed by atoms with Crippen LogP contribution in [-0.4, -0.2) is 5.71 Å². The molecule has 1 rings (SSSR count). The Hall–Kier alpha value is -0.590. The van der Waals surface area contributed by atoms with Crippen molar-refractivity contribution in [3.8, 4) is 0 Å². The first-order valence-electron chi connectivity index (χ1n) is 2.67. The molecule has 1 nitrogen and oxygen atoms in total. The highest BCUT2D eigenvalue weighted by molar-refractivity contribution is 5.90. The van der Waals surface area contributed by atoms with Crippen molar-refractivity contribution in [1.29, 1.82) is 0 Å². The fourth-order valence-corrected chi connectivity index (χ4v) is 0.742. The second-order valence-electron chi connectivity index (χ2n) is 1.87. The number of rotatable bonds is 0. The van der Waals surface area contributed by atoms with E-state index in [0.717, 1.165) is 12.1 Å². The summed E-state index contributed by atoms with van der Waals surface area (Å²) in [5.41, 5.74) is 1.03. The molecule has 0 bridgehead atoms. The van der Waals surface area contributed by atoms with Crippen molar-refractivity contribution in [3.63, 3.8) is 0 Å². The van der Waals surface area contributed by atoms with Crippen molar-refractivity contribution in [2.24, 2.45) is 0 Å². The fraction of sp³-hybridized carbons (Fsp3) is 0.500. The highest BCUT2D eigenvalue weighted by Gasteiger charge is 1.99. The van der Waals surface area contributed by atoms with Gasteiger partial charge < -0.3 is 0 Å². The van der Waals surface area contributed by atoms with E-state index in [9.17, 15) is 0 Å². The molecular weight excluding hydrogens is 86.1 g/mol. The molecule has 0 radical (unpaired) electrons. The van der Waals surface area contributed by atoms with E-state index in [2.05, 4.69) is 6.08 Å². The molecule has 0 heterocycles. The summed E-state index contributed by atoms with van der Waals surface area (Å²) >= 11 is 0. The minimum Gasteiger partial charge on any atom is -0.258 e. The van der Waals surface area contributed by atoms with E-state index in [1.807, 2.05) is 6.08 Å². The van der Waals surface area contributed by atoms with Crippen molar-refractivity contribution in [2.75, 3.05) is 0 Å². The summed E-state index contributed by atoms with van der Waals surface area (Å²) in [6, 6.07) is 0. The van der Waals surface area contributed by atoms with Crippen LogP contribution in [0.5, 0.6) is 0 Å². The van der Waals surface area contributed by atoms with Gasteiger partial charge in [-0.3, -0.25) is 5.41 Å². The van der Waals surface area contributed by atoms with Crippen molar-refractivity contribution in [2.45, 2.75) is 19.3 Å². The summed E-state index contributed by atoms with van der Waals surface area (Å²) in [5.74, 6) is 0. The Labute approximate surface area is 43.6 Å². The molecule has 0 aromatic carbocycles. The maximum Gasteiger partial charge on any atom is 0.172 e. The van der Waals surface area contributed by atoms with E-state index in [-0.39, 0.29) is 0 Å². The van der Waals surface area contributed by atoms with E-state index < -0.39 is 0 Å². The first kappa shape index (κ1) is 4.57. The largest absolute Gasteiger partial charge is 0.258 e. The summed E-state index contributed by atoms with van der Waals surface area (Å²) in [6.07, 6.45) is 7.67. The van der Waals surface area contributed by atoms with Crippen LogP contribution in [0.15, 0.2) is 12.2 Å². The van der Waals surface area contributed by atoms with Crippen LogP contribution in [0.1, 0.15) is 19.3 Å². The second kappa shape index (κ2) is 1.92. The molecule has 2 N–H and O–H groups in total. The van der Waals surface area contributed by atoms with Gasteiger partial charge in [0.25, 0.3) is 0 Å². The van der Waals surface area contributed by atoms with Gasteiger partial charge in [0.15, 0.2) is 5.71 Å². The van der Waals surface area contributed by atoms with Crippen LogP contribution in [0.2, 0.25) is 0 Å². The number of allylic oxidation sites excluding steroid dienone is 2. The molecule has 1 heteroatoms. The van der Waals surface area contributed by atoms with Gasteiger partial charge in [-0.1, -0.05) is 6.08 Å². The topological polar surface area (TPSA) is 25.6 Å². The third kappa shape index (κ3) is 1.15. The van der Waals surface area contributed by atoms with Gasteiger partial charge in [-0.05, 0) is 12.8 Å². The molecule has 0 aromatic rings. The van der Waals surface area contributed by atoms with E-state index in [4.69, 9.17) is 5.41 Å². The molecule has 1 aliphatic rings. The van der Waals surface area contributed by atoms with E-state index in [1.165, 1.54) is 12.8 Å². The Morgan fingerprint density at radius 2 is 2.43 bits per heavy atom. The number of nitrogens with two attached hydrogens (primary N) is 1. The van der Waals surface area contributed by atoms with Gasteiger partial charge in [0.05, 0.1) is 0 Å². The van der Waals surface area contributed by atoms with Crippen LogP contribution >= 0.6 is 0 Å². The predicted octanol–water partition coefficient (Wildman–Crippen LogP) is -0.0734. The van der Waals surface area contributed by atoms with Gasteiger partial charge in [0.1, 0.15) is 0 Å². The Morgan fingerprint density at radius 1 is 1.57 bits per heavy atom. The van der Waals surface area contributed by atoms with Crippen LogP contribution in [0, 0.1) is 0 Å². The third-order valence-electron chi connectivity index (χ3n) is 1.17. The van der Waals surface area contributed by atoms with Gasteiger partial charge in [0.2, 0.25) is 0 Å². The summed E-state index contributed by atoms with van der Waals surface area (Å²) in [4.78, 5) is 0. The highest BCUT2D eigenvalue weighted by atomic mass is 14.4. The van der Waals surface area contributed by atoms with Crippen LogP contribution in [-0.2, 0) is 0 Å². The Balaban J connectivity index is 2.51. The quantitative estimate of drug-likeness (QED) is 0.437. The normalized spacial score (nSPS) is 20.3. The SMILES string of the molecule is [NH2+]=C1C=CCCC1. The lowest BCUT2D eigenvalue weighted by Gasteiger charge is -1.95. The zero-order valence-electron chi connectivity index (χ0n) is 4.35. The molecule has 0 aliphatic heterocycles. The molecular formula is C6H10N+. The predicted molar refractivity (Wildman–Crippen MR) is 29.9 cm³/mol. The summed E-state index contributed by atoms with van der Waals surface area (Å²) in [6.45, 7) is 0. The molecule has 0 saturated heterocycles. The molecule has 0 spiro atoms. The average Bonchev–Trinajstić information content (AvgIpc) is 1.69. The fourth-order valence-electron chi connectivity index (χ4n) is 0.742. The van der Waals surface area contributed by atoms with E-state index in [1.54, 1.807) is 0 Å². The molecule has 0 unspecified atom stereocenters. The third-order valence-corrected chi connectivity index (χ3v) is 1.17. The first-order valence-corrected chi connectivity index (χ1v) is 2.67. The Kier molecular flexibility index (Phi) is 1.25. The van der Waals surface area contributed by atoms with Gasteiger partial charge in [-0.25, -0.2) is 0 Å². The van der Waals surface area contributed by atoms with E-state index >= 15 is 0 Å². The lowest BCUT2D eigenvalue weighted by atomic mass is 10.1. The summed E-state index contributed by atoms with van der Waals surface area (Å²) in [5, 5.41) is 5.46. The molecule has 1 aliphatic carbocycles. The van der Waals surface area contributed by atoms with Crippen LogP contribution < -0.4 is 5.41 Å². The van der Waals surface area contributed by atoms with Crippen molar-refractivity contribution in [3.05, 3.63) is 12.2 Å². The zero-order chi connectivity index (χ0) is 5.11. The van der Waals surface area contributed by atoms with Gasteiger partial charge >= 0.3 is 0 Å². The summed E-state index contributed by atoms with van der Waals surface area (Å²) < 4.78 is 0. The zero-order valence-corrected chi connectivity index (χ0v) is 4.35. The average molecular weight is 96.2 g/mol.